The molecule has 2 aliphatic carbocycles. The molecule has 0 saturated heterocycles. The minimum atomic E-state index is -0.160. The van der Waals surface area contributed by atoms with Crippen molar-refractivity contribution in [2.45, 2.75) is 52.1 Å². The van der Waals surface area contributed by atoms with Crippen LogP contribution in [0.5, 0.6) is 0 Å². The molecule has 0 aromatic heterocycles. The van der Waals surface area contributed by atoms with Crippen LogP contribution in [0.25, 0.3) is 0 Å². The highest BCUT2D eigenvalue weighted by molar-refractivity contribution is 9.10. The highest BCUT2D eigenvalue weighted by atomic mass is 79.9. The van der Waals surface area contributed by atoms with E-state index in [1.807, 2.05) is 6.92 Å². The lowest BCUT2D eigenvalue weighted by Crippen LogP contribution is -2.45. The maximum absolute atomic E-state index is 12.9. The number of methoxy groups -OCH3 is 1. The largest absolute Gasteiger partial charge is 0.466 e. The Morgan fingerprint density at radius 2 is 1.96 bits per heavy atom. The summed E-state index contributed by atoms with van der Waals surface area (Å²) >= 11 is 3.57. The van der Waals surface area contributed by atoms with Crippen LogP contribution in [0.15, 0.2) is 22.7 Å². The second kappa shape index (κ2) is 6.80. The number of halogens is 1. The molecule has 0 bridgehead atoms. The number of hydrogen-bond acceptors (Lipinski definition) is 3. The smallest absolute Gasteiger partial charge is 0.313 e. The quantitative estimate of drug-likeness (QED) is 0.695. The minimum absolute atomic E-state index is 0.0384. The second-order valence-corrected chi connectivity index (χ2v) is 8.55. The molecule has 0 radical (unpaired) electrons. The standard InChI is InChI=1S/C20H27BrO3/c1-5-24-19(22)17-16-8-15(21)7-6-14(16)11-20(17)9-12(2)18(23-4)13(3)10-20/h6-8,12-13,17-18H,5,9-11H2,1-4H3/t12-,13+,17-,18+,20+/m0/s1. The molecule has 0 N–H and O–H groups in total. The maximum atomic E-state index is 12.9. The van der Waals surface area contributed by atoms with Crippen LogP contribution in [0.2, 0.25) is 0 Å². The van der Waals surface area contributed by atoms with E-state index in [9.17, 15) is 4.79 Å². The van der Waals surface area contributed by atoms with Crippen molar-refractivity contribution in [1.29, 1.82) is 0 Å². The van der Waals surface area contributed by atoms with Crippen LogP contribution >= 0.6 is 15.9 Å². The lowest BCUT2D eigenvalue weighted by molar-refractivity contribution is -0.151. The van der Waals surface area contributed by atoms with Crippen molar-refractivity contribution in [3.05, 3.63) is 33.8 Å². The van der Waals surface area contributed by atoms with Gasteiger partial charge in [0.05, 0.1) is 18.6 Å². The number of rotatable bonds is 3. The van der Waals surface area contributed by atoms with E-state index in [1.165, 1.54) is 5.56 Å². The van der Waals surface area contributed by atoms with Gasteiger partial charge in [0.1, 0.15) is 0 Å². The molecule has 24 heavy (non-hydrogen) atoms. The summed E-state index contributed by atoms with van der Waals surface area (Å²) in [7, 11) is 1.80. The first-order chi connectivity index (χ1) is 11.4. The van der Waals surface area contributed by atoms with Gasteiger partial charge < -0.3 is 9.47 Å². The predicted octanol–water partition coefficient (Wildman–Crippen LogP) is 4.72. The summed E-state index contributed by atoms with van der Waals surface area (Å²) in [4.78, 5) is 12.9. The molecule has 0 unspecified atom stereocenters. The first-order valence-electron chi connectivity index (χ1n) is 8.89. The topological polar surface area (TPSA) is 35.5 Å². The molecule has 1 aromatic carbocycles. The summed E-state index contributed by atoms with van der Waals surface area (Å²) < 4.78 is 12.2. The SMILES string of the molecule is CCOC(=O)[C@@H]1c2cc(Br)ccc2C[C@@]12C[C@@H](C)[C@H](OC)[C@@H](C)C2. The summed E-state index contributed by atoms with van der Waals surface area (Å²) in [5, 5.41) is 0. The summed E-state index contributed by atoms with van der Waals surface area (Å²) in [6, 6.07) is 6.36. The van der Waals surface area contributed by atoms with Crippen molar-refractivity contribution in [1.82, 2.24) is 0 Å². The van der Waals surface area contributed by atoms with Gasteiger partial charge in [-0.2, -0.15) is 0 Å². The lowest BCUT2D eigenvalue weighted by Gasteiger charge is -2.47. The fraction of sp³-hybridized carbons (Fsp3) is 0.650. The molecule has 3 nitrogen and oxygen atoms in total. The van der Waals surface area contributed by atoms with Crippen molar-refractivity contribution in [2.75, 3.05) is 13.7 Å². The van der Waals surface area contributed by atoms with E-state index in [1.54, 1.807) is 7.11 Å². The fourth-order valence-corrected chi connectivity index (χ4v) is 5.79. The molecule has 1 fully saturated rings. The average Bonchev–Trinajstić information content (AvgIpc) is 2.79. The van der Waals surface area contributed by atoms with Crippen LogP contribution in [-0.2, 0) is 20.7 Å². The Labute approximate surface area is 153 Å². The number of esters is 1. The third kappa shape index (κ3) is 2.92. The van der Waals surface area contributed by atoms with Crippen LogP contribution in [0.4, 0.5) is 0 Å². The molecule has 1 aromatic rings. The van der Waals surface area contributed by atoms with Crippen molar-refractivity contribution >= 4 is 21.9 Å². The summed E-state index contributed by atoms with van der Waals surface area (Å²) in [6.07, 6.45) is 3.25. The van der Waals surface area contributed by atoms with Gasteiger partial charge in [-0.25, -0.2) is 0 Å². The van der Waals surface area contributed by atoms with Crippen molar-refractivity contribution in [3.63, 3.8) is 0 Å². The normalized spacial score (nSPS) is 35.0. The first kappa shape index (κ1) is 17.9. The van der Waals surface area contributed by atoms with Crippen LogP contribution < -0.4 is 0 Å². The van der Waals surface area contributed by atoms with E-state index in [0.717, 1.165) is 29.3 Å². The molecule has 1 saturated carbocycles. The van der Waals surface area contributed by atoms with Crippen LogP contribution in [-0.4, -0.2) is 25.8 Å². The fourth-order valence-electron chi connectivity index (χ4n) is 5.41. The third-order valence-electron chi connectivity index (χ3n) is 5.95. The van der Waals surface area contributed by atoms with Crippen molar-refractivity contribution in [3.8, 4) is 0 Å². The van der Waals surface area contributed by atoms with E-state index in [-0.39, 0.29) is 23.4 Å². The number of ether oxygens (including phenoxy) is 2. The summed E-state index contributed by atoms with van der Waals surface area (Å²) in [5.41, 5.74) is 2.41. The highest BCUT2D eigenvalue weighted by Gasteiger charge is 2.55. The zero-order chi connectivity index (χ0) is 17.5. The van der Waals surface area contributed by atoms with Crippen molar-refractivity contribution < 1.29 is 14.3 Å². The minimum Gasteiger partial charge on any atom is -0.466 e. The van der Waals surface area contributed by atoms with Crippen LogP contribution in [0.3, 0.4) is 0 Å². The predicted molar refractivity (Wildman–Crippen MR) is 98.0 cm³/mol. The van der Waals surface area contributed by atoms with E-state index in [0.29, 0.717) is 18.4 Å². The zero-order valence-corrected chi connectivity index (χ0v) is 16.6. The third-order valence-corrected chi connectivity index (χ3v) is 6.44. The Morgan fingerprint density at radius 1 is 1.29 bits per heavy atom. The number of carbonyl (C=O) groups is 1. The van der Waals surface area contributed by atoms with Gasteiger partial charge in [-0.15, -0.1) is 0 Å². The molecular formula is C20H27BrO3. The molecule has 5 atom stereocenters. The molecule has 0 amide bonds. The molecule has 3 rings (SSSR count). The Balaban J connectivity index is 2.02. The van der Waals surface area contributed by atoms with E-state index >= 15 is 0 Å². The van der Waals surface area contributed by atoms with Gasteiger partial charge in [0, 0.05) is 11.6 Å². The number of hydrogen-bond donors (Lipinski definition) is 0. The van der Waals surface area contributed by atoms with Gasteiger partial charge in [0.2, 0.25) is 0 Å². The second-order valence-electron chi connectivity index (χ2n) is 7.63. The Hall–Kier alpha value is -0.870. The number of benzene rings is 1. The summed E-state index contributed by atoms with van der Waals surface area (Å²) in [5.74, 6) is 0.652. The van der Waals surface area contributed by atoms with E-state index in [4.69, 9.17) is 9.47 Å². The van der Waals surface area contributed by atoms with E-state index in [2.05, 4.69) is 48.0 Å². The highest BCUT2D eigenvalue weighted by Crippen LogP contribution is 2.58. The molecule has 0 heterocycles. The first-order valence-corrected chi connectivity index (χ1v) is 9.69. The number of carbonyl (C=O) groups excluding carboxylic acids is 1. The van der Waals surface area contributed by atoms with E-state index < -0.39 is 0 Å². The Kier molecular flexibility index (Phi) is 5.08. The Morgan fingerprint density at radius 3 is 2.54 bits per heavy atom. The monoisotopic (exact) mass is 394 g/mol. The molecule has 132 valence electrons. The Bertz CT molecular complexity index is 615. The maximum Gasteiger partial charge on any atom is 0.313 e. The van der Waals surface area contributed by atoms with Crippen molar-refractivity contribution in [2.24, 2.45) is 17.3 Å². The molecular weight excluding hydrogens is 368 g/mol. The van der Waals surface area contributed by atoms with Gasteiger partial charge in [-0.05, 0) is 66.7 Å². The van der Waals surface area contributed by atoms with Gasteiger partial charge in [-0.1, -0.05) is 35.8 Å². The molecule has 1 spiro atoms. The summed E-state index contributed by atoms with van der Waals surface area (Å²) in [6.45, 7) is 6.83. The average molecular weight is 395 g/mol. The van der Waals surface area contributed by atoms with Gasteiger partial charge in [-0.3, -0.25) is 4.79 Å². The van der Waals surface area contributed by atoms with Crippen LogP contribution in [0.1, 0.15) is 50.7 Å². The molecule has 0 aliphatic heterocycles. The van der Waals surface area contributed by atoms with Gasteiger partial charge in [0.25, 0.3) is 0 Å². The van der Waals surface area contributed by atoms with Gasteiger partial charge in [0.15, 0.2) is 0 Å². The number of fused-ring (bicyclic) bond motifs is 1. The molecule has 2 aliphatic rings. The van der Waals surface area contributed by atoms with Crippen LogP contribution in [0, 0.1) is 17.3 Å². The zero-order valence-electron chi connectivity index (χ0n) is 15.0. The molecule has 4 heteroatoms. The van der Waals surface area contributed by atoms with Gasteiger partial charge >= 0.3 is 5.97 Å². The lowest BCUT2D eigenvalue weighted by atomic mass is 9.59.